The number of pyridine rings is 1. The number of halogens is 1. The minimum absolute atomic E-state index is 0.815. The lowest BCUT2D eigenvalue weighted by Gasteiger charge is -2.06. The molecular formula is C11H10BrNO. The third kappa shape index (κ3) is 1.48. The van der Waals surface area contributed by atoms with Gasteiger partial charge in [-0.2, -0.15) is 0 Å². The van der Waals surface area contributed by atoms with Gasteiger partial charge in [0.15, 0.2) is 0 Å². The molecule has 0 aliphatic heterocycles. The second-order valence-electron chi connectivity index (χ2n) is 3.11. The number of aryl methyl sites for hydroxylation is 1. The van der Waals surface area contributed by atoms with Crippen LogP contribution in [0.1, 0.15) is 5.69 Å². The van der Waals surface area contributed by atoms with Crippen molar-refractivity contribution in [1.29, 1.82) is 0 Å². The molecule has 2 nitrogen and oxygen atoms in total. The van der Waals surface area contributed by atoms with Gasteiger partial charge >= 0.3 is 0 Å². The number of hydrogen-bond donors (Lipinski definition) is 0. The molecule has 0 atom stereocenters. The lowest BCUT2D eigenvalue weighted by Crippen LogP contribution is -1.88. The third-order valence-electron chi connectivity index (χ3n) is 2.12. The number of methoxy groups -OCH3 is 1. The van der Waals surface area contributed by atoms with Gasteiger partial charge in [-0.1, -0.05) is 6.07 Å². The average molecular weight is 252 g/mol. The topological polar surface area (TPSA) is 22.1 Å². The molecule has 0 unspecified atom stereocenters. The van der Waals surface area contributed by atoms with Crippen molar-refractivity contribution in [3.05, 3.63) is 34.4 Å². The van der Waals surface area contributed by atoms with E-state index in [0.29, 0.717) is 0 Å². The molecule has 0 spiro atoms. The van der Waals surface area contributed by atoms with Crippen molar-refractivity contribution in [2.24, 2.45) is 0 Å². The van der Waals surface area contributed by atoms with E-state index in [1.165, 1.54) is 0 Å². The maximum absolute atomic E-state index is 5.21. The molecule has 1 aromatic heterocycles. The Morgan fingerprint density at radius 1 is 1.21 bits per heavy atom. The van der Waals surface area contributed by atoms with Crippen LogP contribution in [0.5, 0.6) is 5.75 Å². The Balaban J connectivity index is 2.79. The van der Waals surface area contributed by atoms with Gasteiger partial charge in [0.1, 0.15) is 5.75 Å². The molecule has 0 aliphatic carbocycles. The lowest BCUT2D eigenvalue weighted by atomic mass is 10.2. The molecule has 3 heteroatoms. The lowest BCUT2D eigenvalue weighted by molar-refractivity contribution is 0.413. The normalized spacial score (nSPS) is 10.5. The Labute approximate surface area is 91.0 Å². The summed E-state index contributed by atoms with van der Waals surface area (Å²) in [5, 5.41) is 1.11. The number of rotatable bonds is 1. The zero-order chi connectivity index (χ0) is 10.1. The van der Waals surface area contributed by atoms with Crippen LogP contribution in [0.3, 0.4) is 0 Å². The Morgan fingerprint density at radius 2 is 1.93 bits per heavy atom. The van der Waals surface area contributed by atoms with Crippen LogP contribution in [-0.4, -0.2) is 12.1 Å². The SMILES string of the molecule is COc1ccc2ccc(C)nc2c1Br. The molecule has 0 bridgehead atoms. The Kier molecular flexibility index (Phi) is 2.42. The fourth-order valence-electron chi connectivity index (χ4n) is 1.39. The minimum atomic E-state index is 0.815. The second-order valence-corrected chi connectivity index (χ2v) is 3.90. The number of fused-ring (bicyclic) bond motifs is 1. The van der Waals surface area contributed by atoms with E-state index in [9.17, 15) is 0 Å². The van der Waals surface area contributed by atoms with Crippen molar-refractivity contribution in [3.8, 4) is 5.75 Å². The number of nitrogens with zero attached hydrogens (tertiary/aromatic N) is 1. The van der Waals surface area contributed by atoms with Crippen LogP contribution in [0, 0.1) is 6.92 Å². The van der Waals surface area contributed by atoms with E-state index in [4.69, 9.17) is 4.74 Å². The molecule has 2 rings (SSSR count). The molecule has 1 aromatic carbocycles. The molecule has 0 saturated heterocycles. The molecular weight excluding hydrogens is 242 g/mol. The fraction of sp³-hybridized carbons (Fsp3) is 0.182. The van der Waals surface area contributed by atoms with Crippen molar-refractivity contribution in [2.45, 2.75) is 6.92 Å². The third-order valence-corrected chi connectivity index (χ3v) is 2.89. The molecule has 1 heterocycles. The van der Waals surface area contributed by atoms with E-state index in [0.717, 1.165) is 26.8 Å². The van der Waals surface area contributed by atoms with E-state index in [1.807, 2.05) is 25.1 Å². The highest BCUT2D eigenvalue weighted by Gasteiger charge is 2.06. The summed E-state index contributed by atoms with van der Waals surface area (Å²) in [7, 11) is 1.65. The predicted molar refractivity (Wildman–Crippen MR) is 60.7 cm³/mol. The predicted octanol–water partition coefficient (Wildman–Crippen LogP) is 3.31. The molecule has 0 radical (unpaired) electrons. The smallest absolute Gasteiger partial charge is 0.135 e. The highest BCUT2D eigenvalue weighted by molar-refractivity contribution is 9.10. The van der Waals surface area contributed by atoms with Gasteiger partial charge in [-0.15, -0.1) is 0 Å². The number of ether oxygens (including phenoxy) is 1. The van der Waals surface area contributed by atoms with Crippen molar-refractivity contribution < 1.29 is 4.74 Å². The van der Waals surface area contributed by atoms with Gasteiger partial charge < -0.3 is 4.74 Å². The van der Waals surface area contributed by atoms with Gasteiger partial charge in [-0.25, -0.2) is 0 Å². The Bertz CT molecular complexity index is 482. The van der Waals surface area contributed by atoms with E-state index in [-0.39, 0.29) is 0 Å². The van der Waals surface area contributed by atoms with Gasteiger partial charge in [-0.3, -0.25) is 4.98 Å². The number of benzene rings is 1. The molecule has 72 valence electrons. The summed E-state index contributed by atoms with van der Waals surface area (Å²) < 4.78 is 6.12. The highest BCUT2D eigenvalue weighted by Crippen LogP contribution is 2.31. The molecule has 0 fully saturated rings. The highest BCUT2D eigenvalue weighted by atomic mass is 79.9. The summed E-state index contributed by atoms with van der Waals surface area (Å²) in [4.78, 5) is 4.46. The van der Waals surface area contributed by atoms with E-state index >= 15 is 0 Å². The maximum atomic E-state index is 5.21. The quantitative estimate of drug-likeness (QED) is 0.776. The van der Waals surface area contributed by atoms with Crippen molar-refractivity contribution in [1.82, 2.24) is 4.98 Å². The van der Waals surface area contributed by atoms with Crippen LogP contribution in [0.15, 0.2) is 28.7 Å². The van der Waals surface area contributed by atoms with Crippen LogP contribution in [0.25, 0.3) is 10.9 Å². The van der Waals surface area contributed by atoms with Crippen LogP contribution in [0.2, 0.25) is 0 Å². The van der Waals surface area contributed by atoms with Crippen LogP contribution >= 0.6 is 15.9 Å². The van der Waals surface area contributed by atoms with Crippen LogP contribution < -0.4 is 4.74 Å². The summed E-state index contributed by atoms with van der Waals surface area (Å²) in [5.74, 6) is 0.815. The van der Waals surface area contributed by atoms with Crippen LogP contribution in [-0.2, 0) is 0 Å². The summed E-state index contributed by atoms with van der Waals surface area (Å²) >= 11 is 3.49. The second kappa shape index (κ2) is 3.58. The number of aromatic nitrogens is 1. The van der Waals surface area contributed by atoms with Gasteiger partial charge in [0.25, 0.3) is 0 Å². The zero-order valence-electron chi connectivity index (χ0n) is 8.04. The van der Waals surface area contributed by atoms with E-state index in [1.54, 1.807) is 7.11 Å². The van der Waals surface area contributed by atoms with Gasteiger partial charge in [0.2, 0.25) is 0 Å². The summed E-state index contributed by atoms with van der Waals surface area (Å²) in [6.07, 6.45) is 0. The number of hydrogen-bond acceptors (Lipinski definition) is 2. The standard InChI is InChI=1S/C11H10BrNO/c1-7-3-4-8-5-6-9(14-2)10(12)11(8)13-7/h3-6H,1-2H3. The summed E-state index contributed by atoms with van der Waals surface area (Å²) in [5.41, 5.74) is 1.95. The summed E-state index contributed by atoms with van der Waals surface area (Å²) in [6.45, 7) is 1.98. The molecule has 0 amide bonds. The first-order valence-corrected chi connectivity index (χ1v) is 5.11. The first kappa shape index (κ1) is 9.46. The molecule has 14 heavy (non-hydrogen) atoms. The molecule has 0 aliphatic rings. The van der Waals surface area contributed by atoms with Crippen molar-refractivity contribution in [2.75, 3.05) is 7.11 Å². The molecule has 0 saturated carbocycles. The van der Waals surface area contributed by atoms with Gasteiger partial charge in [0.05, 0.1) is 17.1 Å². The Morgan fingerprint density at radius 3 is 2.64 bits per heavy atom. The van der Waals surface area contributed by atoms with Crippen molar-refractivity contribution in [3.63, 3.8) is 0 Å². The van der Waals surface area contributed by atoms with E-state index in [2.05, 4.69) is 27.0 Å². The summed E-state index contributed by atoms with van der Waals surface area (Å²) in [6, 6.07) is 8.00. The van der Waals surface area contributed by atoms with Crippen LogP contribution in [0.4, 0.5) is 0 Å². The maximum Gasteiger partial charge on any atom is 0.135 e. The van der Waals surface area contributed by atoms with E-state index < -0.39 is 0 Å². The fourth-order valence-corrected chi connectivity index (χ4v) is 2.00. The minimum Gasteiger partial charge on any atom is -0.495 e. The van der Waals surface area contributed by atoms with Gasteiger partial charge in [0, 0.05) is 11.1 Å². The largest absolute Gasteiger partial charge is 0.495 e. The first-order chi connectivity index (χ1) is 6.72. The molecule has 0 N–H and O–H groups in total. The van der Waals surface area contributed by atoms with Gasteiger partial charge in [-0.05, 0) is 41.1 Å². The monoisotopic (exact) mass is 251 g/mol. The average Bonchev–Trinajstić information content (AvgIpc) is 2.20. The Hall–Kier alpha value is -1.09. The molecule has 2 aromatic rings. The first-order valence-electron chi connectivity index (χ1n) is 4.32. The zero-order valence-corrected chi connectivity index (χ0v) is 9.63. The van der Waals surface area contributed by atoms with Crippen molar-refractivity contribution >= 4 is 26.8 Å².